The highest BCUT2D eigenvalue weighted by Crippen LogP contribution is 2.25. The maximum absolute atomic E-state index is 12.1. The van der Waals surface area contributed by atoms with E-state index >= 15 is 0 Å². The van der Waals surface area contributed by atoms with Gasteiger partial charge >= 0.3 is 0 Å². The summed E-state index contributed by atoms with van der Waals surface area (Å²) in [5, 5.41) is 0.122. The molecule has 0 amide bonds. The van der Waals surface area contributed by atoms with Crippen molar-refractivity contribution in [2.24, 2.45) is 13.0 Å². The smallest absolute Gasteiger partial charge is 0.259 e. The number of nitrogens with zero attached hydrogens (tertiary/aromatic N) is 2. The van der Waals surface area contributed by atoms with E-state index in [0.717, 1.165) is 19.3 Å². The molecule has 0 radical (unpaired) electrons. The monoisotopic (exact) mass is 257 g/mol. The van der Waals surface area contributed by atoms with Gasteiger partial charge in [-0.3, -0.25) is 0 Å². The molecule has 1 aromatic rings. The first kappa shape index (κ1) is 12.6. The summed E-state index contributed by atoms with van der Waals surface area (Å²) < 4.78 is 28.6. The lowest BCUT2D eigenvalue weighted by Gasteiger charge is -2.11. The van der Waals surface area contributed by atoms with Crippen molar-refractivity contribution >= 4 is 10.0 Å². The van der Waals surface area contributed by atoms with Gasteiger partial charge in [-0.2, -0.15) is 0 Å². The molecule has 0 aliphatic heterocycles. The van der Waals surface area contributed by atoms with E-state index < -0.39 is 10.0 Å². The van der Waals surface area contributed by atoms with E-state index in [2.05, 4.69) is 16.6 Å². The van der Waals surface area contributed by atoms with Gasteiger partial charge < -0.3 is 4.57 Å². The van der Waals surface area contributed by atoms with Crippen molar-refractivity contribution in [2.75, 3.05) is 0 Å². The Morgan fingerprint density at radius 1 is 1.47 bits per heavy atom. The van der Waals surface area contributed by atoms with Crippen molar-refractivity contribution in [2.45, 2.75) is 44.2 Å². The molecule has 0 aromatic carbocycles. The first-order valence-electron chi connectivity index (χ1n) is 5.91. The zero-order valence-electron chi connectivity index (χ0n) is 10.5. The molecule has 2 rings (SSSR count). The molecular weight excluding hydrogens is 238 g/mol. The third kappa shape index (κ3) is 2.69. The Labute approximate surface area is 102 Å². The van der Waals surface area contributed by atoms with Gasteiger partial charge in [0.1, 0.15) is 5.82 Å². The van der Waals surface area contributed by atoms with Crippen LogP contribution in [0.15, 0.2) is 11.2 Å². The number of nitrogens with one attached hydrogen (secondary N) is 1. The zero-order valence-corrected chi connectivity index (χ0v) is 11.3. The lowest BCUT2D eigenvalue weighted by Crippen LogP contribution is -2.33. The van der Waals surface area contributed by atoms with Crippen LogP contribution in [0.5, 0.6) is 0 Å². The zero-order chi connectivity index (χ0) is 12.6. The summed E-state index contributed by atoms with van der Waals surface area (Å²) >= 11 is 0. The molecule has 1 N–H and O–H groups in total. The molecule has 1 aliphatic carbocycles. The summed E-state index contributed by atoms with van der Waals surface area (Å²) in [6.07, 6.45) is 4.49. The summed E-state index contributed by atoms with van der Waals surface area (Å²) in [6, 6.07) is 0.0670. The van der Waals surface area contributed by atoms with Gasteiger partial charge in [-0.15, -0.1) is 0 Å². The van der Waals surface area contributed by atoms with Gasteiger partial charge in [0, 0.05) is 19.3 Å². The van der Waals surface area contributed by atoms with Crippen LogP contribution in [0.2, 0.25) is 0 Å². The molecule has 17 heavy (non-hydrogen) atoms. The van der Waals surface area contributed by atoms with Crippen LogP contribution < -0.4 is 4.72 Å². The average molecular weight is 257 g/mol. The second-order valence-corrected chi connectivity index (χ2v) is 6.63. The van der Waals surface area contributed by atoms with E-state index in [9.17, 15) is 8.42 Å². The van der Waals surface area contributed by atoms with Crippen molar-refractivity contribution in [1.82, 2.24) is 14.3 Å². The van der Waals surface area contributed by atoms with E-state index in [0.29, 0.717) is 11.7 Å². The van der Waals surface area contributed by atoms with E-state index in [4.69, 9.17) is 0 Å². The van der Waals surface area contributed by atoms with E-state index in [1.165, 1.54) is 0 Å². The minimum atomic E-state index is -3.45. The molecular formula is C11H19N3O2S. The molecule has 1 heterocycles. The Bertz CT molecular complexity index is 487. The van der Waals surface area contributed by atoms with Crippen LogP contribution in [-0.2, 0) is 17.1 Å². The molecule has 96 valence electrons. The molecule has 1 aromatic heterocycles. The summed E-state index contributed by atoms with van der Waals surface area (Å²) in [6.45, 7) is 3.94. The minimum Gasteiger partial charge on any atom is -0.337 e. The second kappa shape index (κ2) is 4.42. The van der Waals surface area contributed by atoms with Crippen LogP contribution in [0.3, 0.4) is 0 Å². The summed E-state index contributed by atoms with van der Waals surface area (Å²) in [5.74, 6) is 1.30. The normalized spacial score (nSPS) is 25.4. The number of hydrogen-bond acceptors (Lipinski definition) is 3. The van der Waals surface area contributed by atoms with Crippen LogP contribution in [0, 0.1) is 12.8 Å². The molecule has 6 heteroatoms. The molecule has 0 spiro atoms. The van der Waals surface area contributed by atoms with Crippen LogP contribution in [0.25, 0.3) is 0 Å². The number of aryl methyl sites for hydroxylation is 2. The average Bonchev–Trinajstić information content (AvgIpc) is 2.75. The number of aromatic nitrogens is 2. The van der Waals surface area contributed by atoms with Crippen LogP contribution >= 0.6 is 0 Å². The van der Waals surface area contributed by atoms with Crippen molar-refractivity contribution in [3.63, 3.8) is 0 Å². The van der Waals surface area contributed by atoms with Gasteiger partial charge in [0.15, 0.2) is 5.03 Å². The third-order valence-electron chi connectivity index (χ3n) is 3.38. The molecule has 1 fully saturated rings. The highest BCUT2D eigenvalue weighted by molar-refractivity contribution is 7.89. The summed E-state index contributed by atoms with van der Waals surface area (Å²) in [7, 11) is -1.66. The largest absolute Gasteiger partial charge is 0.337 e. The minimum absolute atomic E-state index is 0.0670. The van der Waals surface area contributed by atoms with Crippen LogP contribution in [-0.4, -0.2) is 24.0 Å². The lowest BCUT2D eigenvalue weighted by atomic mass is 10.1. The number of hydrogen-bond donors (Lipinski definition) is 1. The van der Waals surface area contributed by atoms with Crippen LogP contribution in [0.1, 0.15) is 32.0 Å². The Morgan fingerprint density at radius 3 is 2.65 bits per heavy atom. The summed E-state index contributed by atoms with van der Waals surface area (Å²) in [5.41, 5.74) is 0. The first-order chi connectivity index (χ1) is 7.88. The molecule has 2 atom stereocenters. The maximum Gasteiger partial charge on any atom is 0.259 e. The van der Waals surface area contributed by atoms with Crippen molar-refractivity contribution < 1.29 is 8.42 Å². The number of imidazole rings is 1. The molecule has 5 nitrogen and oxygen atoms in total. The second-order valence-electron chi connectivity index (χ2n) is 4.97. The molecule has 2 unspecified atom stereocenters. The molecule has 0 bridgehead atoms. The van der Waals surface area contributed by atoms with Gasteiger partial charge in [-0.05, 0) is 32.1 Å². The standard InChI is InChI=1S/C11H19N3O2S/c1-8-4-5-10(6-8)13-17(15,16)11-7-14(3)9(2)12-11/h7-8,10,13H,4-6H2,1-3H3. The predicted octanol–water partition coefficient (Wildman–Crippen LogP) is 1.20. The Hall–Kier alpha value is -0.880. The van der Waals surface area contributed by atoms with Gasteiger partial charge in [0.2, 0.25) is 0 Å². The van der Waals surface area contributed by atoms with Gasteiger partial charge in [0.05, 0.1) is 0 Å². The first-order valence-corrected chi connectivity index (χ1v) is 7.39. The van der Waals surface area contributed by atoms with Crippen molar-refractivity contribution in [3.8, 4) is 0 Å². The van der Waals surface area contributed by atoms with Crippen molar-refractivity contribution in [3.05, 3.63) is 12.0 Å². The lowest BCUT2D eigenvalue weighted by molar-refractivity contribution is 0.536. The van der Waals surface area contributed by atoms with Gasteiger partial charge in [0.25, 0.3) is 10.0 Å². The highest BCUT2D eigenvalue weighted by atomic mass is 32.2. The Kier molecular flexibility index (Phi) is 3.27. The van der Waals surface area contributed by atoms with E-state index in [1.807, 2.05) is 0 Å². The fourth-order valence-corrected chi connectivity index (χ4v) is 3.57. The number of sulfonamides is 1. The Morgan fingerprint density at radius 2 is 2.18 bits per heavy atom. The fourth-order valence-electron chi connectivity index (χ4n) is 2.25. The van der Waals surface area contributed by atoms with Crippen LogP contribution in [0.4, 0.5) is 0 Å². The predicted molar refractivity (Wildman–Crippen MR) is 65.1 cm³/mol. The molecule has 0 saturated heterocycles. The Balaban J connectivity index is 2.14. The quantitative estimate of drug-likeness (QED) is 0.885. The number of rotatable bonds is 3. The topological polar surface area (TPSA) is 64.0 Å². The summed E-state index contributed by atoms with van der Waals surface area (Å²) in [4.78, 5) is 4.06. The van der Waals surface area contributed by atoms with Crippen molar-refractivity contribution in [1.29, 1.82) is 0 Å². The third-order valence-corrected chi connectivity index (χ3v) is 4.77. The molecule has 1 aliphatic rings. The van der Waals surface area contributed by atoms with E-state index in [1.54, 1.807) is 24.7 Å². The SMILES string of the molecule is Cc1nc(S(=O)(=O)NC2CCC(C)C2)cn1C. The molecule has 1 saturated carbocycles. The fraction of sp³-hybridized carbons (Fsp3) is 0.727. The highest BCUT2D eigenvalue weighted by Gasteiger charge is 2.27. The van der Waals surface area contributed by atoms with Gasteiger partial charge in [-0.25, -0.2) is 18.1 Å². The van der Waals surface area contributed by atoms with Gasteiger partial charge in [-0.1, -0.05) is 6.92 Å². The maximum atomic E-state index is 12.1. The van der Waals surface area contributed by atoms with E-state index in [-0.39, 0.29) is 11.1 Å².